The number of oxime groups is 1. The smallest absolute Gasteiger partial charge is 0.0839 e. The van der Waals surface area contributed by atoms with Gasteiger partial charge in [-0.15, -0.1) is 12.4 Å². The molecule has 1 atom stereocenters. The maximum absolute atomic E-state index is 9.40. The average molecular weight is 359 g/mol. The van der Waals surface area contributed by atoms with Crippen LogP contribution >= 0.6 is 24.0 Å². The molecule has 1 aromatic rings. The van der Waals surface area contributed by atoms with Crippen molar-refractivity contribution in [2.24, 2.45) is 11.1 Å². The van der Waals surface area contributed by atoms with Crippen molar-refractivity contribution >= 4 is 35.8 Å². The molecule has 0 aromatic heterocycles. The Morgan fingerprint density at radius 1 is 1.30 bits per heavy atom. The molecule has 0 saturated heterocycles. The molecule has 3 nitrogen and oxygen atoms in total. The van der Waals surface area contributed by atoms with Gasteiger partial charge in [0, 0.05) is 17.5 Å². The lowest BCUT2D eigenvalue weighted by atomic mass is 9.94. The zero-order valence-electron chi connectivity index (χ0n) is 14.2. The molecule has 130 valence electrons. The second kappa shape index (κ2) is 12.4. The highest BCUT2D eigenvalue weighted by Gasteiger charge is 2.15. The summed E-state index contributed by atoms with van der Waals surface area (Å²) in [6.07, 6.45) is 8.36. The average Bonchev–Trinajstić information content (AvgIpc) is 2.49. The number of hydrogen-bond acceptors (Lipinski definition) is 3. The minimum atomic E-state index is 0. The Hall–Kier alpha value is -1.03. The van der Waals surface area contributed by atoms with Gasteiger partial charge in [-0.1, -0.05) is 67.2 Å². The SMILES string of the molecule is CCCCCC(CN(C)C)C(/C=C/c1ccccc1Cl)=N\O.Cl. The van der Waals surface area contributed by atoms with Crippen molar-refractivity contribution in [2.45, 2.75) is 32.6 Å². The van der Waals surface area contributed by atoms with Gasteiger partial charge >= 0.3 is 0 Å². The molecular weight excluding hydrogens is 331 g/mol. The van der Waals surface area contributed by atoms with Crippen LogP contribution in [0.15, 0.2) is 35.5 Å². The number of benzene rings is 1. The summed E-state index contributed by atoms with van der Waals surface area (Å²) < 4.78 is 0. The van der Waals surface area contributed by atoms with Crippen molar-refractivity contribution in [2.75, 3.05) is 20.6 Å². The minimum Gasteiger partial charge on any atom is -0.411 e. The quantitative estimate of drug-likeness (QED) is 0.279. The first-order valence-corrected chi connectivity index (χ1v) is 8.25. The van der Waals surface area contributed by atoms with Gasteiger partial charge in [-0.3, -0.25) is 0 Å². The molecular formula is C18H28Cl2N2O. The van der Waals surface area contributed by atoms with Crippen LogP contribution < -0.4 is 0 Å². The van der Waals surface area contributed by atoms with E-state index < -0.39 is 0 Å². The maximum atomic E-state index is 9.40. The van der Waals surface area contributed by atoms with Crippen molar-refractivity contribution in [3.8, 4) is 0 Å². The molecule has 0 bridgehead atoms. The number of allylic oxidation sites excluding steroid dienone is 1. The molecule has 0 aliphatic rings. The van der Waals surface area contributed by atoms with Crippen molar-refractivity contribution in [3.05, 3.63) is 40.9 Å². The molecule has 0 aliphatic carbocycles. The summed E-state index contributed by atoms with van der Waals surface area (Å²) in [5.41, 5.74) is 1.65. The molecule has 0 heterocycles. The van der Waals surface area contributed by atoms with Crippen molar-refractivity contribution in [3.63, 3.8) is 0 Å². The summed E-state index contributed by atoms with van der Waals surface area (Å²) in [6, 6.07) is 7.65. The normalized spacial score (nSPS) is 13.3. The highest BCUT2D eigenvalue weighted by atomic mass is 35.5. The van der Waals surface area contributed by atoms with E-state index in [1.165, 1.54) is 12.8 Å². The van der Waals surface area contributed by atoms with Gasteiger partial charge < -0.3 is 10.1 Å². The third-order valence-electron chi connectivity index (χ3n) is 3.61. The third kappa shape index (κ3) is 8.40. The summed E-state index contributed by atoms with van der Waals surface area (Å²) in [6.45, 7) is 3.06. The molecule has 0 amide bonds. The number of halogens is 2. The summed E-state index contributed by atoms with van der Waals surface area (Å²) in [7, 11) is 4.08. The number of nitrogens with zero attached hydrogens (tertiary/aromatic N) is 2. The molecule has 0 radical (unpaired) electrons. The Morgan fingerprint density at radius 3 is 2.57 bits per heavy atom. The molecule has 0 fully saturated rings. The van der Waals surface area contributed by atoms with E-state index in [0.717, 1.165) is 24.9 Å². The van der Waals surface area contributed by atoms with Gasteiger partial charge in [-0.05, 0) is 38.2 Å². The van der Waals surface area contributed by atoms with Crippen LogP contribution in [0.4, 0.5) is 0 Å². The molecule has 0 aliphatic heterocycles. The minimum absolute atomic E-state index is 0. The van der Waals surface area contributed by atoms with Crippen LogP contribution in [0.3, 0.4) is 0 Å². The van der Waals surface area contributed by atoms with E-state index in [-0.39, 0.29) is 18.3 Å². The number of unbranched alkanes of at least 4 members (excludes halogenated alkanes) is 2. The zero-order chi connectivity index (χ0) is 16.4. The second-order valence-electron chi connectivity index (χ2n) is 5.83. The van der Waals surface area contributed by atoms with Crippen molar-refractivity contribution in [1.82, 2.24) is 4.90 Å². The Morgan fingerprint density at radius 2 is 2.00 bits per heavy atom. The van der Waals surface area contributed by atoms with Crippen LogP contribution in [0.5, 0.6) is 0 Å². The molecule has 1 aromatic carbocycles. The van der Waals surface area contributed by atoms with Gasteiger partial charge in [0.1, 0.15) is 0 Å². The van der Waals surface area contributed by atoms with Crippen LogP contribution in [-0.2, 0) is 0 Å². The van der Waals surface area contributed by atoms with Crippen molar-refractivity contribution < 1.29 is 5.21 Å². The summed E-state index contributed by atoms with van der Waals surface area (Å²) in [5, 5.41) is 13.6. The molecule has 5 heteroatoms. The standard InChI is InChI=1S/C18H27ClN2O.ClH/c1-4-5-6-10-16(14-21(2)3)18(20-22)13-12-15-9-7-8-11-17(15)19;/h7-9,11-13,16,22H,4-6,10,14H2,1-3H3;1H/b13-12+,20-18-;. The highest BCUT2D eigenvalue weighted by Crippen LogP contribution is 2.19. The van der Waals surface area contributed by atoms with Crippen LogP contribution in [0, 0.1) is 5.92 Å². The van der Waals surface area contributed by atoms with Gasteiger partial charge in [-0.2, -0.15) is 0 Å². The fourth-order valence-corrected chi connectivity index (χ4v) is 2.65. The Labute approximate surface area is 151 Å². The fraction of sp³-hybridized carbons (Fsp3) is 0.500. The van der Waals surface area contributed by atoms with E-state index in [0.29, 0.717) is 10.7 Å². The molecule has 0 spiro atoms. The lowest BCUT2D eigenvalue weighted by Crippen LogP contribution is -2.27. The predicted octanol–water partition coefficient (Wildman–Crippen LogP) is 5.36. The van der Waals surface area contributed by atoms with Crippen LogP contribution in [0.1, 0.15) is 38.2 Å². The fourth-order valence-electron chi connectivity index (χ4n) is 2.45. The summed E-state index contributed by atoms with van der Waals surface area (Å²) in [4.78, 5) is 2.13. The summed E-state index contributed by atoms with van der Waals surface area (Å²) in [5.74, 6) is 0.227. The first-order valence-electron chi connectivity index (χ1n) is 7.87. The Balaban J connectivity index is 0.00000484. The lowest BCUT2D eigenvalue weighted by molar-refractivity contribution is 0.305. The van der Waals surface area contributed by atoms with Gasteiger partial charge in [0.05, 0.1) is 5.71 Å². The van der Waals surface area contributed by atoms with Gasteiger partial charge in [-0.25, -0.2) is 0 Å². The lowest BCUT2D eigenvalue weighted by Gasteiger charge is -2.20. The largest absolute Gasteiger partial charge is 0.411 e. The number of rotatable bonds is 9. The van der Waals surface area contributed by atoms with E-state index in [1.807, 2.05) is 50.5 Å². The molecule has 0 saturated carbocycles. The first kappa shape index (κ1) is 22.0. The van der Waals surface area contributed by atoms with E-state index >= 15 is 0 Å². The van der Waals surface area contributed by atoms with Crippen LogP contribution in [-0.4, -0.2) is 36.5 Å². The predicted molar refractivity (Wildman–Crippen MR) is 103 cm³/mol. The van der Waals surface area contributed by atoms with Crippen LogP contribution in [0.2, 0.25) is 5.02 Å². The molecule has 1 unspecified atom stereocenters. The second-order valence-corrected chi connectivity index (χ2v) is 6.24. The van der Waals surface area contributed by atoms with Crippen molar-refractivity contribution in [1.29, 1.82) is 0 Å². The number of hydrogen-bond donors (Lipinski definition) is 1. The van der Waals surface area contributed by atoms with E-state index in [2.05, 4.69) is 17.0 Å². The molecule has 1 N–H and O–H groups in total. The topological polar surface area (TPSA) is 35.8 Å². The van der Waals surface area contributed by atoms with Gasteiger partial charge in [0.25, 0.3) is 0 Å². The zero-order valence-corrected chi connectivity index (χ0v) is 15.8. The molecule has 23 heavy (non-hydrogen) atoms. The Bertz CT molecular complexity index is 502. The first-order chi connectivity index (χ1) is 10.6. The Kier molecular flexibility index (Phi) is 11.8. The highest BCUT2D eigenvalue weighted by molar-refractivity contribution is 6.32. The monoisotopic (exact) mass is 358 g/mol. The maximum Gasteiger partial charge on any atom is 0.0839 e. The van der Waals surface area contributed by atoms with Gasteiger partial charge in [0.2, 0.25) is 0 Å². The summed E-state index contributed by atoms with van der Waals surface area (Å²) >= 11 is 6.16. The van der Waals surface area contributed by atoms with E-state index in [1.54, 1.807) is 0 Å². The van der Waals surface area contributed by atoms with Gasteiger partial charge in [0.15, 0.2) is 0 Å². The molecule has 1 rings (SSSR count). The van der Waals surface area contributed by atoms with E-state index in [4.69, 9.17) is 11.6 Å². The van der Waals surface area contributed by atoms with E-state index in [9.17, 15) is 5.21 Å². The van der Waals surface area contributed by atoms with Crippen LogP contribution in [0.25, 0.3) is 6.08 Å². The third-order valence-corrected chi connectivity index (χ3v) is 3.96.